The number of likely N-dealkylation sites (N-methyl/N-ethyl adjacent to an activating group) is 2. The molecule has 1 atom stereocenters. The fourth-order valence-corrected chi connectivity index (χ4v) is 2.18. The van der Waals surface area contributed by atoms with E-state index in [0.29, 0.717) is 6.04 Å². The predicted octanol–water partition coefficient (Wildman–Crippen LogP) is 0.361. The first-order chi connectivity index (χ1) is 6.27. The van der Waals surface area contributed by atoms with Crippen molar-refractivity contribution in [3.8, 4) is 0 Å². The summed E-state index contributed by atoms with van der Waals surface area (Å²) >= 11 is 0. The van der Waals surface area contributed by atoms with Crippen LogP contribution in [0.5, 0.6) is 0 Å². The van der Waals surface area contributed by atoms with Crippen LogP contribution < -0.4 is 5.73 Å². The molecule has 1 fully saturated rings. The van der Waals surface area contributed by atoms with Gasteiger partial charge in [0.2, 0.25) is 0 Å². The van der Waals surface area contributed by atoms with Crippen LogP contribution in [0.4, 0.5) is 0 Å². The summed E-state index contributed by atoms with van der Waals surface area (Å²) in [6, 6.07) is 0.683. The zero-order valence-electron chi connectivity index (χ0n) is 9.00. The molecule has 1 rings (SSSR count). The molecule has 1 aliphatic heterocycles. The highest BCUT2D eigenvalue weighted by molar-refractivity contribution is 4.78. The predicted molar refractivity (Wildman–Crippen MR) is 56.8 cm³/mol. The zero-order chi connectivity index (χ0) is 9.68. The molecule has 0 saturated carbocycles. The second kappa shape index (κ2) is 5.58. The van der Waals surface area contributed by atoms with E-state index in [1.54, 1.807) is 0 Å². The molecule has 0 radical (unpaired) electrons. The van der Waals surface area contributed by atoms with E-state index in [2.05, 4.69) is 23.8 Å². The molecule has 0 amide bonds. The van der Waals surface area contributed by atoms with Gasteiger partial charge < -0.3 is 10.6 Å². The van der Waals surface area contributed by atoms with E-state index in [1.165, 1.54) is 32.6 Å². The normalized spacial score (nSPS) is 27.5. The minimum absolute atomic E-state index is 0.683. The maximum Gasteiger partial charge on any atom is 0.0234 e. The van der Waals surface area contributed by atoms with Gasteiger partial charge in [-0.2, -0.15) is 0 Å². The Kier molecular flexibility index (Phi) is 4.70. The molecule has 1 unspecified atom stereocenters. The van der Waals surface area contributed by atoms with E-state index in [-0.39, 0.29) is 0 Å². The SMILES string of the molecule is CCN1CCCN(C)CC1CCN. The van der Waals surface area contributed by atoms with Crippen LogP contribution in [0.1, 0.15) is 19.8 Å². The average Bonchev–Trinajstić information content (AvgIpc) is 2.28. The summed E-state index contributed by atoms with van der Waals surface area (Å²) in [6.45, 7) is 7.89. The van der Waals surface area contributed by atoms with Gasteiger partial charge in [-0.05, 0) is 46.1 Å². The minimum atomic E-state index is 0.683. The number of rotatable bonds is 3. The standard InChI is InChI=1S/C10H23N3/c1-3-13-8-4-7-12(2)9-10(13)5-6-11/h10H,3-9,11H2,1-2H3. The molecular formula is C10H23N3. The van der Waals surface area contributed by atoms with E-state index in [1.807, 2.05) is 0 Å². The molecule has 2 N–H and O–H groups in total. The second-order valence-electron chi connectivity index (χ2n) is 3.98. The third-order valence-electron chi connectivity index (χ3n) is 2.93. The lowest BCUT2D eigenvalue weighted by Crippen LogP contribution is -2.41. The van der Waals surface area contributed by atoms with Crippen LogP contribution in [0.15, 0.2) is 0 Å². The molecule has 3 nitrogen and oxygen atoms in total. The molecule has 1 heterocycles. The van der Waals surface area contributed by atoms with Crippen molar-refractivity contribution in [2.24, 2.45) is 5.73 Å². The fourth-order valence-electron chi connectivity index (χ4n) is 2.18. The van der Waals surface area contributed by atoms with E-state index in [9.17, 15) is 0 Å². The van der Waals surface area contributed by atoms with Crippen molar-refractivity contribution in [2.45, 2.75) is 25.8 Å². The lowest BCUT2D eigenvalue weighted by atomic mass is 10.1. The van der Waals surface area contributed by atoms with E-state index in [4.69, 9.17) is 5.73 Å². The summed E-state index contributed by atoms with van der Waals surface area (Å²) in [6.07, 6.45) is 2.43. The summed E-state index contributed by atoms with van der Waals surface area (Å²) in [5.41, 5.74) is 5.63. The molecule has 0 spiro atoms. The van der Waals surface area contributed by atoms with E-state index >= 15 is 0 Å². The fraction of sp³-hybridized carbons (Fsp3) is 1.00. The summed E-state index contributed by atoms with van der Waals surface area (Å²) in [7, 11) is 2.21. The van der Waals surface area contributed by atoms with Gasteiger partial charge in [0, 0.05) is 12.6 Å². The van der Waals surface area contributed by atoms with E-state index in [0.717, 1.165) is 13.0 Å². The highest BCUT2D eigenvalue weighted by Gasteiger charge is 2.20. The Morgan fingerprint density at radius 1 is 1.38 bits per heavy atom. The minimum Gasteiger partial charge on any atom is -0.330 e. The van der Waals surface area contributed by atoms with Crippen LogP contribution in [-0.4, -0.2) is 55.6 Å². The summed E-state index contributed by atoms with van der Waals surface area (Å²) in [5, 5.41) is 0. The molecule has 0 bridgehead atoms. The third-order valence-corrected chi connectivity index (χ3v) is 2.93. The highest BCUT2D eigenvalue weighted by Crippen LogP contribution is 2.10. The Morgan fingerprint density at radius 3 is 2.77 bits per heavy atom. The molecule has 3 heteroatoms. The molecule has 0 aromatic rings. The lowest BCUT2D eigenvalue weighted by Gasteiger charge is -2.29. The lowest BCUT2D eigenvalue weighted by molar-refractivity contribution is 0.189. The summed E-state index contributed by atoms with van der Waals surface area (Å²) in [5.74, 6) is 0. The van der Waals surface area contributed by atoms with Gasteiger partial charge in [-0.15, -0.1) is 0 Å². The smallest absolute Gasteiger partial charge is 0.0234 e. The Labute approximate surface area is 81.9 Å². The molecule has 0 aliphatic carbocycles. The van der Waals surface area contributed by atoms with Crippen LogP contribution in [0, 0.1) is 0 Å². The third kappa shape index (κ3) is 3.25. The maximum atomic E-state index is 5.63. The van der Waals surface area contributed by atoms with Gasteiger partial charge in [0.05, 0.1) is 0 Å². The summed E-state index contributed by atoms with van der Waals surface area (Å²) < 4.78 is 0. The quantitative estimate of drug-likeness (QED) is 0.689. The van der Waals surface area contributed by atoms with Crippen molar-refractivity contribution in [3.05, 3.63) is 0 Å². The van der Waals surface area contributed by atoms with Crippen molar-refractivity contribution in [3.63, 3.8) is 0 Å². The molecule has 1 saturated heterocycles. The van der Waals surface area contributed by atoms with Crippen LogP contribution in [-0.2, 0) is 0 Å². The Morgan fingerprint density at radius 2 is 2.15 bits per heavy atom. The van der Waals surface area contributed by atoms with Crippen molar-refractivity contribution in [1.82, 2.24) is 9.80 Å². The van der Waals surface area contributed by atoms with Gasteiger partial charge >= 0.3 is 0 Å². The van der Waals surface area contributed by atoms with Gasteiger partial charge in [-0.1, -0.05) is 6.92 Å². The highest BCUT2D eigenvalue weighted by atomic mass is 15.2. The molecule has 13 heavy (non-hydrogen) atoms. The van der Waals surface area contributed by atoms with Gasteiger partial charge in [-0.3, -0.25) is 4.90 Å². The van der Waals surface area contributed by atoms with Crippen molar-refractivity contribution in [1.29, 1.82) is 0 Å². The Balaban J connectivity index is 2.49. The number of hydrogen-bond acceptors (Lipinski definition) is 3. The largest absolute Gasteiger partial charge is 0.330 e. The number of nitrogens with two attached hydrogens (primary N) is 1. The van der Waals surface area contributed by atoms with Gasteiger partial charge in [0.1, 0.15) is 0 Å². The molecular weight excluding hydrogens is 162 g/mol. The van der Waals surface area contributed by atoms with Gasteiger partial charge in [0.15, 0.2) is 0 Å². The van der Waals surface area contributed by atoms with Crippen LogP contribution >= 0.6 is 0 Å². The second-order valence-corrected chi connectivity index (χ2v) is 3.98. The number of nitrogens with zero attached hydrogens (tertiary/aromatic N) is 2. The molecule has 0 aromatic heterocycles. The average molecular weight is 185 g/mol. The first kappa shape index (κ1) is 11.0. The Hall–Kier alpha value is -0.120. The molecule has 78 valence electrons. The topological polar surface area (TPSA) is 32.5 Å². The van der Waals surface area contributed by atoms with Crippen LogP contribution in [0.25, 0.3) is 0 Å². The summed E-state index contributed by atoms with van der Waals surface area (Å²) in [4.78, 5) is 4.99. The van der Waals surface area contributed by atoms with Crippen molar-refractivity contribution < 1.29 is 0 Å². The Bertz CT molecular complexity index is 138. The molecule has 0 aromatic carbocycles. The zero-order valence-corrected chi connectivity index (χ0v) is 9.00. The van der Waals surface area contributed by atoms with Gasteiger partial charge in [-0.25, -0.2) is 0 Å². The number of hydrogen-bond donors (Lipinski definition) is 1. The van der Waals surface area contributed by atoms with Crippen LogP contribution in [0.2, 0.25) is 0 Å². The van der Waals surface area contributed by atoms with Gasteiger partial charge in [0.25, 0.3) is 0 Å². The first-order valence-corrected chi connectivity index (χ1v) is 5.40. The molecule has 1 aliphatic rings. The monoisotopic (exact) mass is 185 g/mol. The van der Waals surface area contributed by atoms with Crippen molar-refractivity contribution >= 4 is 0 Å². The van der Waals surface area contributed by atoms with E-state index < -0.39 is 0 Å². The van der Waals surface area contributed by atoms with Crippen LogP contribution in [0.3, 0.4) is 0 Å². The van der Waals surface area contributed by atoms with Crippen molar-refractivity contribution in [2.75, 3.05) is 39.8 Å². The maximum absolute atomic E-state index is 5.63. The first-order valence-electron chi connectivity index (χ1n) is 5.40.